The van der Waals surface area contributed by atoms with Gasteiger partial charge in [-0.05, 0) is 31.8 Å². The Hall–Kier alpha value is -0.0400. The van der Waals surface area contributed by atoms with Crippen molar-refractivity contribution in [2.75, 3.05) is 13.1 Å². The summed E-state index contributed by atoms with van der Waals surface area (Å²) in [6, 6.07) is 0. The van der Waals surface area contributed by atoms with Crippen LogP contribution >= 0.6 is 0 Å². The fourth-order valence-corrected chi connectivity index (χ4v) is 1.68. The minimum absolute atomic E-state index is 0.949. The van der Waals surface area contributed by atoms with E-state index in [-0.39, 0.29) is 0 Å². The Labute approximate surface area is 90.7 Å². The van der Waals surface area contributed by atoms with E-state index in [0.717, 1.165) is 5.92 Å². The van der Waals surface area contributed by atoms with Gasteiger partial charge in [0.25, 0.3) is 0 Å². The third-order valence-electron chi connectivity index (χ3n) is 2.94. The molecule has 0 radical (unpaired) electrons. The molecule has 0 spiro atoms. The summed E-state index contributed by atoms with van der Waals surface area (Å²) >= 11 is 0. The minimum Gasteiger partial charge on any atom is -0.317 e. The Kier molecular flexibility index (Phi) is 11.0. The molecule has 1 atom stereocenters. The fraction of sp³-hybridized carbons (Fsp3) is 1.00. The van der Waals surface area contributed by atoms with Crippen LogP contribution in [0.15, 0.2) is 0 Å². The highest BCUT2D eigenvalue weighted by Crippen LogP contribution is 2.07. The van der Waals surface area contributed by atoms with Crippen LogP contribution in [0.25, 0.3) is 0 Å². The molecule has 1 nitrogen and oxygen atoms in total. The van der Waals surface area contributed by atoms with Gasteiger partial charge in [-0.15, -0.1) is 0 Å². The Morgan fingerprint density at radius 3 is 1.93 bits per heavy atom. The van der Waals surface area contributed by atoms with Gasteiger partial charge in [0.2, 0.25) is 0 Å². The Bertz CT molecular complexity index is 81.8. The van der Waals surface area contributed by atoms with Crippen molar-refractivity contribution in [3.05, 3.63) is 0 Å². The first-order chi connectivity index (χ1) is 6.81. The monoisotopic (exact) mass is 199 g/mol. The number of nitrogens with one attached hydrogen (secondary N) is 1. The van der Waals surface area contributed by atoms with E-state index in [0.29, 0.717) is 0 Å². The summed E-state index contributed by atoms with van der Waals surface area (Å²) < 4.78 is 0. The third-order valence-corrected chi connectivity index (χ3v) is 2.94. The van der Waals surface area contributed by atoms with E-state index in [1.54, 1.807) is 0 Å². The highest BCUT2D eigenvalue weighted by atomic mass is 14.8. The Balaban J connectivity index is 0.000000241. The normalized spacial score (nSPS) is 19.1. The SMILES string of the molecule is C1CCCNCC1.CCCC(C)CC. The smallest absolute Gasteiger partial charge is 0.00489 e. The first-order valence-electron chi connectivity index (χ1n) is 6.52. The first-order valence-corrected chi connectivity index (χ1v) is 6.52. The van der Waals surface area contributed by atoms with Crippen molar-refractivity contribution in [1.82, 2.24) is 5.32 Å². The van der Waals surface area contributed by atoms with Crippen molar-refractivity contribution in [3.8, 4) is 0 Å². The van der Waals surface area contributed by atoms with Crippen molar-refractivity contribution in [3.63, 3.8) is 0 Å². The molecule has 1 aliphatic rings. The maximum Gasteiger partial charge on any atom is -0.00489 e. The van der Waals surface area contributed by atoms with E-state index < -0.39 is 0 Å². The summed E-state index contributed by atoms with van der Waals surface area (Å²) in [5.74, 6) is 0.949. The van der Waals surface area contributed by atoms with Gasteiger partial charge in [0.1, 0.15) is 0 Å². The van der Waals surface area contributed by atoms with E-state index in [9.17, 15) is 0 Å². The lowest BCUT2D eigenvalue weighted by atomic mass is 10.0. The second-order valence-corrected chi connectivity index (χ2v) is 4.47. The lowest BCUT2D eigenvalue weighted by molar-refractivity contribution is 0.509. The van der Waals surface area contributed by atoms with E-state index in [2.05, 4.69) is 26.1 Å². The van der Waals surface area contributed by atoms with Crippen LogP contribution in [0.2, 0.25) is 0 Å². The molecule has 1 heterocycles. The first kappa shape index (κ1) is 14.0. The molecule has 0 aromatic heterocycles. The van der Waals surface area contributed by atoms with Gasteiger partial charge in [0.15, 0.2) is 0 Å². The molecule has 1 unspecified atom stereocenters. The summed E-state index contributed by atoms with van der Waals surface area (Å²) in [5.41, 5.74) is 0. The van der Waals surface area contributed by atoms with Crippen LogP contribution in [0.1, 0.15) is 65.7 Å². The quantitative estimate of drug-likeness (QED) is 0.725. The molecule has 1 N–H and O–H groups in total. The number of hydrogen-bond donors (Lipinski definition) is 1. The highest BCUT2D eigenvalue weighted by Gasteiger charge is 1.94. The second kappa shape index (κ2) is 11.0. The van der Waals surface area contributed by atoms with Crippen molar-refractivity contribution in [1.29, 1.82) is 0 Å². The molecule has 86 valence electrons. The van der Waals surface area contributed by atoms with Crippen molar-refractivity contribution >= 4 is 0 Å². The topological polar surface area (TPSA) is 12.0 Å². The average Bonchev–Trinajstić information content (AvgIpc) is 2.50. The molecule has 0 amide bonds. The van der Waals surface area contributed by atoms with Gasteiger partial charge in [-0.25, -0.2) is 0 Å². The maximum absolute atomic E-state index is 3.35. The van der Waals surface area contributed by atoms with Crippen LogP contribution in [0.4, 0.5) is 0 Å². The molecule has 0 bridgehead atoms. The van der Waals surface area contributed by atoms with Gasteiger partial charge in [-0.3, -0.25) is 0 Å². The number of rotatable bonds is 3. The van der Waals surface area contributed by atoms with Gasteiger partial charge in [0, 0.05) is 0 Å². The van der Waals surface area contributed by atoms with Crippen LogP contribution in [0, 0.1) is 5.92 Å². The van der Waals surface area contributed by atoms with E-state index >= 15 is 0 Å². The van der Waals surface area contributed by atoms with Gasteiger partial charge in [0.05, 0.1) is 0 Å². The summed E-state index contributed by atoms with van der Waals surface area (Å²) in [6.45, 7) is 9.30. The molecule has 1 heteroatoms. The zero-order chi connectivity index (χ0) is 10.6. The molecule has 1 fully saturated rings. The van der Waals surface area contributed by atoms with Crippen LogP contribution in [0.3, 0.4) is 0 Å². The molecule has 1 rings (SSSR count). The van der Waals surface area contributed by atoms with Crippen molar-refractivity contribution < 1.29 is 0 Å². The molecule has 0 aromatic rings. The minimum atomic E-state index is 0.949. The zero-order valence-electron chi connectivity index (χ0n) is 10.4. The van der Waals surface area contributed by atoms with Crippen LogP contribution in [0.5, 0.6) is 0 Å². The average molecular weight is 199 g/mol. The number of hydrogen-bond acceptors (Lipinski definition) is 1. The largest absolute Gasteiger partial charge is 0.317 e. The van der Waals surface area contributed by atoms with E-state index in [1.165, 1.54) is 58.0 Å². The summed E-state index contributed by atoms with van der Waals surface area (Å²) in [6.07, 6.45) is 9.74. The second-order valence-electron chi connectivity index (χ2n) is 4.47. The van der Waals surface area contributed by atoms with E-state index in [1.807, 2.05) is 0 Å². The zero-order valence-corrected chi connectivity index (χ0v) is 10.4. The van der Waals surface area contributed by atoms with Gasteiger partial charge in [-0.1, -0.05) is 52.9 Å². The highest BCUT2D eigenvalue weighted by molar-refractivity contribution is 4.54. The van der Waals surface area contributed by atoms with Crippen LogP contribution < -0.4 is 5.32 Å². The molecule has 1 saturated heterocycles. The molecule has 1 aliphatic heterocycles. The summed E-state index contributed by atoms with van der Waals surface area (Å²) in [7, 11) is 0. The van der Waals surface area contributed by atoms with E-state index in [4.69, 9.17) is 0 Å². The molecule has 14 heavy (non-hydrogen) atoms. The summed E-state index contributed by atoms with van der Waals surface area (Å²) in [4.78, 5) is 0. The van der Waals surface area contributed by atoms with Crippen LogP contribution in [-0.4, -0.2) is 13.1 Å². The predicted octanol–water partition coefficient (Wildman–Crippen LogP) is 3.98. The van der Waals surface area contributed by atoms with Crippen molar-refractivity contribution in [2.24, 2.45) is 5.92 Å². The molecule has 0 saturated carbocycles. The third kappa shape index (κ3) is 10.0. The summed E-state index contributed by atoms with van der Waals surface area (Å²) in [5, 5.41) is 3.35. The molecular formula is C13H29N. The molecule has 0 aromatic carbocycles. The standard InChI is InChI=1S/C7H16.C6H13N/c1-4-6-7(3)5-2;1-2-4-6-7-5-3-1/h7H,4-6H2,1-3H3;7H,1-6H2. The van der Waals surface area contributed by atoms with Crippen LogP contribution in [-0.2, 0) is 0 Å². The Morgan fingerprint density at radius 2 is 1.57 bits per heavy atom. The van der Waals surface area contributed by atoms with Gasteiger partial charge < -0.3 is 5.32 Å². The van der Waals surface area contributed by atoms with Gasteiger partial charge in [-0.2, -0.15) is 0 Å². The molecular weight excluding hydrogens is 170 g/mol. The molecule has 0 aliphatic carbocycles. The predicted molar refractivity (Wildman–Crippen MR) is 65.7 cm³/mol. The van der Waals surface area contributed by atoms with Gasteiger partial charge >= 0.3 is 0 Å². The fourth-order valence-electron chi connectivity index (χ4n) is 1.68. The maximum atomic E-state index is 3.35. The lowest BCUT2D eigenvalue weighted by Gasteiger charge is -2.02. The van der Waals surface area contributed by atoms with Crippen molar-refractivity contribution in [2.45, 2.75) is 65.7 Å². The Morgan fingerprint density at radius 1 is 1.00 bits per heavy atom. The lowest BCUT2D eigenvalue weighted by Crippen LogP contribution is -2.12.